The van der Waals surface area contributed by atoms with Crippen LogP contribution in [-0.4, -0.2) is 45.4 Å². The molecule has 0 aliphatic carbocycles. The van der Waals surface area contributed by atoms with Crippen LogP contribution in [0.15, 0.2) is 24.5 Å². The second-order valence-electron chi connectivity index (χ2n) is 4.80. The third kappa shape index (κ3) is 3.13. The standard InChI is InChI=1S/C14H14FN3O3/c1-8(14(20)21)7-18(2)13(19)10-5-9(15)6-11-12(10)17-4-3-16-11/h3-6,8H,7H2,1-2H3,(H,20,21). The van der Waals surface area contributed by atoms with E-state index >= 15 is 0 Å². The maximum Gasteiger partial charge on any atom is 0.308 e. The molecule has 2 aromatic rings. The van der Waals surface area contributed by atoms with Gasteiger partial charge < -0.3 is 10.0 Å². The van der Waals surface area contributed by atoms with Crippen molar-refractivity contribution in [3.63, 3.8) is 0 Å². The van der Waals surface area contributed by atoms with Crippen molar-refractivity contribution in [1.29, 1.82) is 0 Å². The molecule has 1 heterocycles. The summed E-state index contributed by atoms with van der Waals surface area (Å²) in [6, 6.07) is 2.28. The monoisotopic (exact) mass is 291 g/mol. The molecular weight excluding hydrogens is 277 g/mol. The average Bonchev–Trinajstić information content (AvgIpc) is 2.45. The van der Waals surface area contributed by atoms with Gasteiger partial charge in [0.05, 0.1) is 17.0 Å². The lowest BCUT2D eigenvalue weighted by Gasteiger charge is -2.20. The summed E-state index contributed by atoms with van der Waals surface area (Å²) in [5, 5.41) is 8.88. The van der Waals surface area contributed by atoms with Crippen LogP contribution in [0.2, 0.25) is 0 Å². The van der Waals surface area contributed by atoms with Crippen LogP contribution in [0.1, 0.15) is 17.3 Å². The summed E-state index contributed by atoms with van der Waals surface area (Å²) in [5.41, 5.74) is 0.637. The number of aliphatic carboxylic acids is 1. The van der Waals surface area contributed by atoms with Gasteiger partial charge in [-0.15, -0.1) is 0 Å². The smallest absolute Gasteiger partial charge is 0.308 e. The van der Waals surface area contributed by atoms with Crippen LogP contribution < -0.4 is 0 Å². The van der Waals surface area contributed by atoms with Gasteiger partial charge in [0.25, 0.3) is 5.91 Å². The van der Waals surface area contributed by atoms with E-state index in [9.17, 15) is 14.0 Å². The number of halogens is 1. The van der Waals surface area contributed by atoms with Gasteiger partial charge >= 0.3 is 5.97 Å². The van der Waals surface area contributed by atoms with Crippen molar-refractivity contribution in [3.8, 4) is 0 Å². The van der Waals surface area contributed by atoms with Gasteiger partial charge in [0.2, 0.25) is 0 Å². The largest absolute Gasteiger partial charge is 0.481 e. The Labute approximate surface area is 120 Å². The number of carbonyl (C=O) groups excluding carboxylic acids is 1. The highest BCUT2D eigenvalue weighted by Crippen LogP contribution is 2.18. The minimum atomic E-state index is -1.00. The summed E-state index contributed by atoms with van der Waals surface area (Å²) in [4.78, 5) is 32.5. The Kier molecular flexibility index (Phi) is 4.11. The minimum Gasteiger partial charge on any atom is -0.481 e. The third-order valence-corrected chi connectivity index (χ3v) is 3.08. The van der Waals surface area contributed by atoms with Crippen molar-refractivity contribution in [2.45, 2.75) is 6.92 Å². The number of nitrogens with zero attached hydrogens (tertiary/aromatic N) is 3. The highest BCUT2D eigenvalue weighted by molar-refractivity contribution is 6.04. The number of aromatic nitrogens is 2. The van der Waals surface area contributed by atoms with E-state index in [0.29, 0.717) is 5.52 Å². The van der Waals surface area contributed by atoms with Crippen LogP contribution in [0, 0.1) is 11.7 Å². The number of rotatable bonds is 4. The van der Waals surface area contributed by atoms with Crippen molar-refractivity contribution in [2.24, 2.45) is 5.92 Å². The summed E-state index contributed by atoms with van der Waals surface area (Å²) >= 11 is 0. The number of hydrogen-bond donors (Lipinski definition) is 1. The van der Waals surface area contributed by atoms with Crippen LogP contribution in [0.5, 0.6) is 0 Å². The summed E-state index contributed by atoms with van der Waals surface area (Å²) in [5.74, 6) is -2.80. The topological polar surface area (TPSA) is 83.4 Å². The zero-order valence-corrected chi connectivity index (χ0v) is 11.6. The van der Waals surface area contributed by atoms with Crippen molar-refractivity contribution in [3.05, 3.63) is 35.9 Å². The average molecular weight is 291 g/mol. The van der Waals surface area contributed by atoms with E-state index < -0.39 is 23.6 Å². The van der Waals surface area contributed by atoms with E-state index in [1.807, 2.05) is 0 Å². The van der Waals surface area contributed by atoms with E-state index in [2.05, 4.69) is 9.97 Å². The summed E-state index contributed by atoms with van der Waals surface area (Å²) in [6.07, 6.45) is 2.82. The number of hydrogen-bond acceptors (Lipinski definition) is 4. The molecule has 6 nitrogen and oxygen atoms in total. The van der Waals surface area contributed by atoms with Gasteiger partial charge in [-0.2, -0.15) is 0 Å². The Morgan fingerprint density at radius 3 is 2.67 bits per heavy atom. The van der Waals surface area contributed by atoms with E-state index in [0.717, 1.165) is 6.07 Å². The van der Waals surface area contributed by atoms with Gasteiger partial charge in [0.1, 0.15) is 11.3 Å². The lowest BCUT2D eigenvalue weighted by molar-refractivity contribution is -0.141. The molecular formula is C14H14FN3O3. The normalized spacial score (nSPS) is 12.1. The molecule has 1 aromatic heterocycles. The zero-order valence-electron chi connectivity index (χ0n) is 11.6. The number of amides is 1. The first kappa shape index (κ1) is 14.8. The molecule has 0 spiro atoms. The molecule has 1 N–H and O–H groups in total. The SMILES string of the molecule is CC(CN(C)C(=O)c1cc(F)cc2nccnc12)C(=O)O. The Hall–Kier alpha value is -2.57. The van der Waals surface area contributed by atoms with Crippen molar-refractivity contribution < 1.29 is 19.1 Å². The molecule has 0 saturated carbocycles. The maximum absolute atomic E-state index is 13.6. The Morgan fingerprint density at radius 2 is 2.00 bits per heavy atom. The molecule has 0 bridgehead atoms. The summed E-state index contributed by atoms with van der Waals surface area (Å²) in [6.45, 7) is 1.52. The van der Waals surface area contributed by atoms with E-state index in [4.69, 9.17) is 5.11 Å². The predicted molar refractivity (Wildman–Crippen MR) is 73.3 cm³/mol. The van der Waals surface area contributed by atoms with Crippen molar-refractivity contribution in [2.75, 3.05) is 13.6 Å². The number of benzene rings is 1. The fourth-order valence-electron chi connectivity index (χ4n) is 1.98. The molecule has 1 unspecified atom stereocenters. The lowest BCUT2D eigenvalue weighted by atomic mass is 10.1. The van der Waals surface area contributed by atoms with Crippen LogP contribution in [0.25, 0.3) is 11.0 Å². The number of fused-ring (bicyclic) bond motifs is 1. The first-order valence-electron chi connectivity index (χ1n) is 6.28. The fraction of sp³-hybridized carbons (Fsp3) is 0.286. The molecule has 1 atom stereocenters. The first-order chi connectivity index (χ1) is 9.90. The van der Waals surface area contributed by atoms with Crippen LogP contribution >= 0.6 is 0 Å². The molecule has 110 valence electrons. The van der Waals surface area contributed by atoms with Crippen LogP contribution in [0.3, 0.4) is 0 Å². The highest BCUT2D eigenvalue weighted by atomic mass is 19.1. The number of carboxylic acids is 1. The second-order valence-corrected chi connectivity index (χ2v) is 4.80. The first-order valence-corrected chi connectivity index (χ1v) is 6.28. The van der Waals surface area contributed by atoms with Gasteiger partial charge in [0, 0.05) is 32.1 Å². The van der Waals surface area contributed by atoms with E-state index in [1.54, 1.807) is 0 Å². The van der Waals surface area contributed by atoms with Gasteiger partial charge in [-0.05, 0) is 6.07 Å². The minimum absolute atomic E-state index is 0.0203. The molecule has 0 saturated heterocycles. The molecule has 0 fully saturated rings. The zero-order chi connectivity index (χ0) is 15.6. The van der Waals surface area contributed by atoms with Gasteiger partial charge in [0.15, 0.2) is 0 Å². The van der Waals surface area contributed by atoms with Crippen molar-refractivity contribution >= 4 is 22.9 Å². The highest BCUT2D eigenvalue weighted by Gasteiger charge is 2.21. The number of carbonyl (C=O) groups is 2. The summed E-state index contributed by atoms with van der Waals surface area (Å²) < 4.78 is 13.6. The van der Waals surface area contributed by atoms with E-state index in [1.165, 1.54) is 37.3 Å². The molecule has 7 heteroatoms. The third-order valence-electron chi connectivity index (χ3n) is 3.08. The van der Waals surface area contributed by atoms with Gasteiger partial charge in [-0.1, -0.05) is 6.92 Å². The lowest BCUT2D eigenvalue weighted by Crippen LogP contribution is -2.34. The molecule has 1 amide bonds. The number of carboxylic acid groups (broad SMARTS) is 1. The quantitative estimate of drug-likeness (QED) is 0.924. The van der Waals surface area contributed by atoms with Gasteiger partial charge in [-0.25, -0.2) is 4.39 Å². The molecule has 21 heavy (non-hydrogen) atoms. The molecule has 0 radical (unpaired) electrons. The van der Waals surface area contributed by atoms with Gasteiger partial charge in [-0.3, -0.25) is 19.6 Å². The van der Waals surface area contributed by atoms with Crippen LogP contribution in [0.4, 0.5) is 4.39 Å². The second kappa shape index (κ2) is 5.82. The fourth-order valence-corrected chi connectivity index (χ4v) is 1.98. The summed E-state index contributed by atoms with van der Waals surface area (Å²) in [7, 11) is 1.47. The van der Waals surface area contributed by atoms with Crippen molar-refractivity contribution in [1.82, 2.24) is 14.9 Å². The Balaban J connectivity index is 2.37. The van der Waals surface area contributed by atoms with E-state index in [-0.39, 0.29) is 17.6 Å². The Morgan fingerprint density at radius 1 is 1.33 bits per heavy atom. The maximum atomic E-state index is 13.6. The molecule has 0 aliphatic heterocycles. The predicted octanol–water partition coefficient (Wildman–Crippen LogP) is 1.56. The molecule has 0 aliphatic rings. The Bertz CT molecular complexity index is 705. The molecule has 1 aromatic carbocycles. The van der Waals surface area contributed by atoms with Crippen LogP contribution in [-0.2, 0) is 4.79 Å². The molecule has 2 rings (SSSR count).